The number of esters is 2. The lowest BCUT2D eigenvalue weighted by atomic mass is 10.6. The molecular weight excluding hydrogens is 216 g/mol. The van der Waals surface area contributed by atoms with Gasteiger partial charge < -0.3 is 18.9 Å². The standard InChI is InChI=1S/C10H14O6/c1-3-13-5-7-15-9(11)10(12)16-8-6-14-4-2/h3-4H,1-2,5-8H2. The van der Waals surface area contributed by atoms with Gasteiger partial charge in [-0.2, -0.15) is 0 Å². The lowest BCUT2D eigenvalue weighted by molar-refractivity contribution is -0.168. The van der Waals surface area contributed by atoms with E-state index in [2.05, 4.69) is 32.1 Å². The summed E-state index contributed by atoms with van der Waals surface area (Å²) in [4.78, 5) is 21.9. The van der Waals surface area contributed by atoms with Crippen LogP contribution in [0, 0.1) is 0 Å². The molecular formula is C10H14O6. The maximum atomic E-state index is 10.9. The summed E-state index contributed by atoms with van der Waals surface area (Å²) in [5.41, 5.74) is 0. The third-order valence-electron chi connectivity index (χ3n) is 1.27. The van der Waals surface area contributed by atoms with E-state index in [0.717, 1.165) is 0 Å². The van der Waals surface area contributed by atoms with Gasteiger partial charge in [0.05, 0.1) is 12.5 Å². The lowest BCUT2D eigenvalue weighted by Crippen LogP contribution is -2.23. The predicted octanol–water partition coefficient (Wildman–Crippen LogP) is 0.393. The van der Waals surface area contributed by atoms with Crippen molar-refractivity contribution in [3.8, 4) is 0 Å². The zero-order valence-electron chi connectivity index (χ0n) is 8.85. The minimum absolute atomic E-state index is 0.0386. The molecule has 90 valence electrons. The van der Waals surface area contributed by atoms with E-state index >= 15 is 0 Å². The van der Waals surface area contributed by atoms with Gasteiger partial charge in [-0.25, -0.2) is 9.59 Å². The van der Waals surface area contributed by atoms with Crippen molar-refractivity contribution < 1.29 is 28.5 Å². The molecule has 0 rings (SSSR count). The quantitative estimate of drug-likeness (QED) is 0.260. The van der Waals surface area contributed by atoms with Crippen molar-refractivity contribution in [3.63, 3.8) is 0 Å². The average molecular weight is 230 g/mol. The molecule has 0 saturated carbocycles. The summed E-state index contributed by atoms with van der Waals surface area (Å²) in [7, 11) is 0. The second-order valence-corrected chi connectivity index (χ2v) is 2.35. The molecule has 0 fully saturated rings. The van der Waals surface area contributed by atoms with Crippen molar-refractivity contribution in [2.45, 2.75) is 0 Å². The van der Waals surface area contributed by atoms with Crippen LogP contribution in [0.5, 0.6) is 0 Å². The Morgan fingerprint density at radius 3 is 1.50 bits per heavy atom. The van der Waals surface area contributed by atoms with Crippen LogP contribution in [-0.2, 0) is 28.5 Å². The number of rotatable bonds is 8. The first-order valence-electron chi connectivity index (χ1n) is 4.51. The molecule has 0 atom stereocenters. The van der Waals surface area contributed by atoms with Crippen molar-refractivity contribution in [2.24, 2.45) is 0 Å². The van der Waals surface area contributed by atoms with Gasteiger partial charge in [0, 0.05) is 0 Å². The molecule has 0 radical (unpaired) electrons. The monoisotopic (exact) mass is 230 g/mol. The first kappa shape index (κ1) is 14.0. The van der Waals surface area contributed by atoms with Gasteiger partial charge in [0.2, 0.25) is 0 Å². The largest absolute Gasteiger partial charge is 0.498 e. The van der Waals surface area contributed by atoms with Crippen molar-refractivity contribution in [2.75, 3.05) is 26.4 Å². The normalized spacial score (nSPS) is 8.75. The number of carbonyl (C=O) groups is 2. The molecule has 0 aliphatic carbocycles. The maximum absolute atomic E-state index is 10.9. The van der Waals surface area contributed by atoms with E-state index in [1.54, 1.807) is 0 Å². The summed E-state index contributed by atoms with van der Waals surface area (Å²) in [6.07, 6.45) is 2.41. The second-order valence-electron chi connectivity index (χ2n) is 2.35. The summed E-state index contributed by atoms with van der Waals surface area (Å²) in [6.45, 7) is 6.79. The Hall–Kier alpha value is -1.98. The molecule has 0 spiro atoms. The molecule has 0 heterocycles. The van der Waals surface area contributed by atoms with Crippen LogP contribution in [0.25, 0.3) is 0 Å². The van der Waals surface area contributed by atoms with E-state index in [1.807, 2.05) is 0 Å². The highest BCUT2D eigenvalue weighted by atomic mass is 16.6. The molecule has 0 saturated heterocycles. The van der Waals surface area contributed by atoms with Crippen LogP contribution in [0.1, 0.15) is 0 Å². The number of carbonyl (C=O) groups excluding carboxylic acids is 2. The predicted molar refractivity (Wildman–Crippen MR) is 54.2 cm³/mol. The van der Waals surface area contributed by atoms with Gasteiger partial charge in [0.25, 0.3) is 0 Å². The van der Waals surface area contributed by atoms with E-state index < -0.39 is 11.9 Å². The summed E-state index contributed by atoms with van der Waals surface area (Å²) in [6, 6.07) is 0. The molecule has 0 bridgehead atoms. The van der Waals surface area contributed by atoms with E-state index in [4.69, 9.17) is 0 Å². The molecule has 0 aromatic heterocycles. The lowest BCUT2D eigenvalue weighted by Gasteiger charge is -2.05. The van der Waals surface area contributed by atoms with Gasteiger partial charge in [-0.05, 0) is 0 Å². The van der Waals surface area contributed by atoms with Crippen molar-refractivity contribution in [1.29, 1.82) is 0 Å². The third-order valence-corrected chi connectivity index (χ3v) is 1.27. The Morgan fingerprint density at radius 1 is 0.812 bits per heavy atom. The Morgan fingerprint density at radius 2 is 1.19 bits per heavy atom. The highest BCUT2D eigenvalue weighted by Gasteiger charge is 2.16. The molecule has 0 aromatic carbocycles. The first-order valence-corrected chi connectivity index (χ1v) is 4.51. The smallest absolute Gasteiger partial charge is 0.417 e. The molecule has 0 aliphatic rings. The zero-order valence-corrected chi connectivity index (χ0v) is 8.85. The zero-order chi connectivity index (χ0) is 12.2. The number of hydrogen-bond acceptors (Lipinski definition) is 6. The molecule has 0 aliphatic heterocycles. The fourth-order valence-corrected chi connectivity index (χ4v) is 0.649. The Bertz CT molecular complexity index is 222. The molecule has 16 heavy (non-hydrogen) atoms. The van der Waals surface area contributed by atoms with Gasteiger partial charge in [-0.3, -0.25) is 0 Å². The molecule has 6 nitrogen and oxygen atoms in total. The first-order chi connectivity index (χ1) is 7.72. The fraction of sp³-hybridized carbons (Fsp3) is 0.400. The van der Waals surface area contributed by atoms with Crippen molar-refractivity contribution in [3.05, 3.63) is 25.7 Å². The van der Waals surface area contributed by atoms with E-state index in [1.165, 1.54) is 12.5 Å². The third kappa shape index (κ3) is 7.43. The summed E-state index contributed by atoms with van der Waals surface area (Å²) in [5.74, 6) is -2.13. The SMILES string of the molecule is C=COCCOC(=O)C(=O)OCCOC=C. The van der Waals surface area contributed by atoms with Crippen LogP contribution in [0.3, 0.4) is 0 Å². The minimum Gasteiger partial charge on any atom is -0.498 e. The minimum atomic E-state index is -1.06. The average Bonchev–Trinajstić information content (AvgIpc) is 2.29. The Labute approximate surface area is 93.4 Å². The van der Waals surface area contributed by atoms with Crippen molar-refractivity contribution >= 4 is 11.9 Å². The molecule has 0 unspecified atom stereocenters. The van der Waals surface area contributed by atoms with E-state index in [0.29, 0.717) is 0 Å². The highest BCUT2D eigenvalue weighted by molar-refractivity contribution is 6.29. The van der Waals surface area contributed by atoms with Crippen LogP contribution < -0.4 is 0 Å². The molecule has 6 heteroatoms. The van der Waals surface area contributed by atoms with Crippen LogP contribution in [-0.4, -0.2) is 38.4 Å². The summed E-state index contributed by atoms with van der Waals surface area (Å²) in [5, 5.41) is 0. The van der Waals surface area contributed by atoms with Gasteiger partial charge in [0.15, 0.2) is 0 Å². The van der Waals surface area contributed by atoms with Crippen LogP contribution >= 0.6 is 0 Å². The molecule has 0 amide bonds. The fourth-order valence-electron chi connectivity index (χ4n) is 0.649. The van der Waals surface area contributed by atoms with Gasteiger partial charge in [-0.15, -0.1) is 0 Å². The second kappa shape index (κ2) is 9.57. The molecule has 0 N–H and O–H groups in total. The molecule has 0 aromatic rings. The van der Waals surface area contributed by atoms with E-state index in [-0.39, 0.29) is 26.4 Å². The van der Waals surface area contributed by atoms with Crippen LogP contribution in [0.15, 0.2) is 25.7 Å². The van der Waals surface area contributed by atoms with Gasteiger partial charge >= 0.3 is 11.9 Å². The number of ether oxygens (including phenoxy) is 4. The van der Waals surface area contributed by atoms with Crippen molar-refractivity contribution in [1.82, 2.24) is 0 Å². The topological polar surface area (TPSA) is 71.1 Å². The van der Waals surface area contributed by atoms with Gasteiger partial charge in [-0.1, -0.05) is 13.2 Å². The number of hydrogen-bond donors (Lipinski definition) is 0. The van der Waals surface area contributed by atoms with Crippen LogP contribution in [0.2, 0.25) is 0 Å². The highest BCUT2D eigenvalue weighted by Crippen LogP contribution is 1.87. The summed E-state index contributed by atoms with van der Waals surface area (Å²) < 4.78 is 18.4. The Kier molecular flexibility index (Phi) is 8.39. The summed E-state index contributed by atoms with van der Waals surface area (Å²) >= 11 is 0. The van der Waals surface area contributed by atoms with Crippen LogP contribution in [0.4, 0.5) is 0 Å². The Balaban J connectivity index is 3.53. The van der Waals surface area contributed by atoms with Gasteiger partial charge in [0.1, 0.15) is 26.4 Å². The maximum Gasteiger partial charge on any atom is 0.417 e. The van der Waals surface area contributed by atoms with E-state index in [9.17, 15) is 9.59 Å².